The molecule has 3 rings (SSSR count). The molecule has 0 atom stereocenters. The van der Waals surface area contributed by atoms with Gasteiger partial charge in [-0.15, -0.1) is 0 Å². The van der Waals surface area contributed by atoms with Crippen LogP contribution in [0.4, 0.5) is 0 Å². The molecule has 0 amide bonds. The van der Waals surface area contributed by atoms with Crippen LogP contribution in [0.1, 0.15) is 29.9 Å². The van der Waals surface area contributed by atoms with Crippen LogP contribution in [-0.2, 0) is 17.8 Å². The Labute approximate surface area is 137 Å². The molecule has 2 heterocycles. The van der Waals surface area contributed by atoms with Crippen LogP contribution in [0.3, 0.4) is 0 Å². The first-order valence-electron chi connectivity index (χ1n) is 8.25. The molecule has 0 aliphatic carbocycles. The fraction of sp³-hybridized carbons (Fsp3) is 0.474. The van der Waals surface area contributed by atoms with Crippen molar-refractivity contribution < 1.29 is 14.3 Å². The highest BCUT2D eigenvalue weighted by Gasteiger charge is 2.32. The summed E-state index contributed by atoms with van der Waals surface area (Å²) in [4.78, 5) is 2.26. The van der Waals surface area contributed by atoms with E-state index in [0.717, 1.165) is 18.1 Å². The molecule has 0 unspecified atom stereocenters. The van der Waals surface area contributed by atoms with E-state index in [1.165, 1.54) is 5.56 Å². The van der Waals surface area contributed by atoms with Crippen LogP contribution in [-0.4, -0.2) is 35.4 Å². The lowest BCUT2D eigenvalue weighted by Gasteiger charge is -2.36. The maximum atomic E-state index is 10.9. The van der Waals surface area contributed by atoms with Crippen molar-refractivity contribution in [2.75, 3.05) is 19.8 Å². The lowest BCUT2D eigenvalue weighted by Crippen LogP contribution is -2.46. The normalized spacial score (nSPS) is 17.5. The van der Waals surface area contributed by atoms with Crippen LogP contribution in [0.5, 0.6) is 0 Å². The van der Waals surface area contributed by atoms with Crippen LogP contribution >= 0.6 is 0 Å². The summed E-state index contributed by atoms with van der Waals surface area (Å²) in [7, 11) is 0. The maximum Gasteiger partial charge on any atom is 0.118 e. The lowest BCUT2D eigenvalue weighted by molar-refractivity contribution is -0.0827. The Balaban J connectivity index is 1.72. The Kier molecular flexibility index (Phi) is 5.16. The Hall–Kier alpha value is -1.62. The Morgan fingerprint density at radius 1 is 1.04 bits per heavy atom. The molecule has 124 valence electrons. The molecule has 1 aromatic carbocycles. The molecule has 4 heteroatoms. The largest absolute Gasteiger partial charge is 0.465 e. The average molecular weight is 315 g/mol. The van der Waals surface area contributed by atoms with Gasteiger partial charge in [0.2, 0.25) is 0 Å². The topological polar surface area (TPSA) is 45.8 Å². The lowest BCUT2D eigenvalue weighted by atomic mass is 9.93. The summed E-state index contributed by atoms with van der Waals surface area (Å²) in [6.45, 7) is 5.35. The minimum atomic E-state index is -0.672. The number of aliphatic hydroxyl groups is 1. The van der Waals surface area contributed by atoms with E-state index in [-0.39, 0.29) is 0 Å². The van der Waals surface area contributed by atoms with E-state index in [1.807, 2.05) is 37.3 Å². The van der Waals surface area contributed by atoms with Crippen molar-refractivity contribution in [1.29, 1.82) is 0 Å². The highest BCUT2D eigenvalue weighted by molar-refractivity contribution is 5.15. The van der Waals surface area contributed by atoms with Gasteiger partial charge in [-0.2, -0.15) is 0 Å². The minimum absolute atomic E-state index is 0.630. The highest BCUT2D eigenvalue weighted by Crippen LogP contribution is 2.24. The summed E-state index contributed by atoms with van der Waals surface area (Å²) in [6.07, 6.45) is 1.38. The third kappa shape index (κ3) is 4.67. The third-order valence-electron chi connectivity index (χ3n) is 4.37. The van der Waals surface area contributed by atoms with Crippen molar-refractivity contribution in [2.24, 2.45) is 0 Å². The van der Waals surface area contributed by atoms with Crippen LogP contribution in [0.25, 0.3) is 0 Å². The molecule has 1 N–H and O–H groups in total. The fourth-order valence-electron chi connectivity index (χ4n) is 3.13. The molecular weight excluding hydrogens is 290 g/mol. The molecule has 1 aliphatic rings. The molecule has 2 aromatic rings. The summed E-state index contributed by atoms with van der Waals surface area (Å²) in [5, 5.41) is 10.9. The van der Waals surface area contributed by atoms with Crippen LogP contribution < -0.4 is 0 Å². The van der Waals surface area contributed by atoms with E-state index >= 15 is 0 Å². The number of hydrogen-bond acceptors (Lipinski definition) is 4. The molecule has 0 spiro atoms. The van der Waals surface area contributed by atoms with Crippen molar-refractivity contribution in [3.05, 3.63) is 59.5 Å². The van der Waals surface area contributed by atoms with Gasteiger partial charge in [-0.25, -0.2) is 0 Å². The Bertz CT molecular complexity index is 602. The molecule has 0 radical (unpaired) electrons. The maximum absolute atomic E-state index is 10.9. The number of ether oxygens (including phenoxy) is 1. The molecule has 1 aliphatic heterocycles. The van der Waals surface area contributed by atoms with Gasteiger partial charge in [0.15, 0.2) is 0 Å². The minimum Gasteiger partial charge on any atom is -0.465 e. The smallest absolute Gasteiger partial charge is 0.118 e. The molecule has 23 heavy (non-hydrogen) atoms. The zero-order chi connectivity index (χ0) is 16.1. The van der Waals surface area contributed by atoms with Gasteiger partial charge in [0.1, 0.15) is 11.5 Å². The van der Waals surface area contributed by atoms with Crippen molar-refractivity contribution in [2.45, 2.75) is 38.5 Å². The highest BCUT2D eigenvalue weighted by atomic mass is 16.5. The molecule has 0 saturated carbocycles. The predicted octanol–water partition coefficient (Wildman–Crippen LogP) is 3.13. The van der Waals surface area contributed by atoms with Crippen molar-refractivity contribution in [1.82, 2.24) is 4.90 Å². The zero-order valence-electron chi connectivity index (χ0n) is 13.7. The number of rotatable bonds is 6. The van der Waals surface area contributed by atoms with Gasteiger partial charge in [0.05, 0.1) is 12.1 Å². The molecule has 1 saturated heterocycles. The third-order valence-corrected chi connectivity index (χ3v) is 4.37. The first kappa shape index (κ1) is 16.2. The molecule has 1 aromatic heterocycles. The number of aryl methyl sites for hydroxylation is 1. The molecule has 0 bridgehead atoms. The van der Waals surface area contributed by atoms with Gasteiger partial charge >= 0.3 is 0 Å². The second-order valence-electron chi connectivity index (χ2n) is 6.48. The predicted molar refractivity (Wildman–Crippen MR) is 89.0 cm³/mol. The zero-order valence-corrected chi connectivity index (χ0v) is 13.7. The second-order valence-corrected chi connectivity index (χ2v) is 6.48. The number of benzene rings is 1. The van der Waals surface area contributed by atoms with E-state index < -0.39 is 5.60 Å². The summed E-state index contributed by atoms with van der Waals surface area (Å²) in [5.41, 5.74) is 0.570. The molecule has 1 fully saturated rings. The van der Waals surface area contributed by atoms with Gasteiger partial charge in [-0.3, -0.25) is 4.90 Å². The van der Waals surface area contributed by atoms with Crippen LogP contribution in [0, 0.1) is 6.92 Å². The Morgan fingerprint density at radius 2 is 1.78 bits per heavy atom. The fourth-order valence-corrected chi connectivity index (χ4v) is 3.13. The number of nitrogens with zero attached hydrogens (tertiary/aromatic N) is 1. The van der Waals surface area contributed by atoms with Crippen molar-refractivity contribution in [3.8, 4) is 0 Å². The second kappa shape index (κ2) is 7.30. The monoisotopic (exact) mass is 315 g/mol. The van der Waals surface area contributed by atoms with E-state index in [2.05, 4.69) is 17.0 Å². The van der Waals surface area contributed by atoms with Gasteiger partial charge in [0.25, 0.3) is 0 Å². The first-order valence-corrected chi connectivity index (χ1v) is 8.25. The van der Waals surface area contributed by atoms with E-state index in [1.54, 1.807) is 0 Å². The summed E-state index contributed by atoms with van der Waals surface area (Å²) in [6, 6.07) is 14.4. The van der Waals surface area contributed by atoms with Crippen molar-refractivity contribution >= 4 is 0 Å². The van der Waals surface area contributed by atoms with Gasteiger partial charge in [-0.05, 0) is 24.6 Å². The quantitative estimate of drug-likeness (QED) is 0.889. The standard InChI is InChI=1S/C19H25NO3/c1-16-7-8-18(23-16)14-20(13-17-5-3-2-4-6-17)15-19(21)9-11-22-12-10-19/h2-8,21H,9-15H2,1H3. The van der Waals surface area contributed by atoms with E-state index in [0.29, 0.717) is 39.1 Å². The van der Waals surface area contributed by atoms with Crippen LogP contribution in [0.15, 0.2) is 46.9 Å². The van der Waals surface area contributed by atoms with Gasteiger partial charge in [0, 0.05) is 39.1 Å². The SMILES string of the molecule is Cc1ccc(CN(Cc2ccccc2)CC2(O)CCOCC2)o1. The van der Waals surface area contributed by atoms with E-state index in [4.69, 9.17) is 9.15 Å². The van der Waals surface area contributed by atoms with Crippen LogP contribution in [0.2, 0.25) is 0 Å². The van der Waals surface area contributed by atoms with Gasteiger partial charge < -0.3 is 14.3 Å². The first-order chi connectivity index (χ1) is 11.1. The molecule has 4 nitrogen and oxygen atoms in total. The number of hydrogen-bond donors (Lipinski definition) is 1. The van der Waals surface area contributed by atoms with Gasteiger partial charge in [-0.1, -0.05) is 30.3 Å². The number of furan rings is 1. The average Bonchev–Trinajstić information content (AvgIpc) is 2.93. The summed E-state index contributed by atoms with van der Waals surface area (Å²) >= 11 is 0. The molecular formula is C19H25NO3. The van der Waals surface area contributed by atoms with E-state index in [9.17, 15) is 5.11 Å². The summed E-state index contributed by atoms with van der Waals surface area (Å²) < 4.78 is 11.1. The Morgan fingerprint density at radius 3 is 2.43 bits per heavy atom. The summed E-state index contributed by atoms with van der Waals surface area (Å²) in [5.74, 6) is 1.86. The van der Waals surface area contributed by atoms with Crippen molar-refractivity contribution in [3.63, 3.8) is 0 Å².